The van der Waals surface area contributed by atoms with Gasteiger partial charge in [0.2, 0.25) is 0 Å². The molecule has 156 valence electrons. The SMILES string of the molecule is COc1ccc(C(=O)Nc2ccc(OC)c(OC)c2)cc1COc1ccccc1Cl. The first-order chi connectivity index (χ1) is 14.5. The van der Waals surface area contributed by atoms with Crippen LogP contribution < -0.4 is 24.3 Å². The van der Waals surface area contributed by atoms with Crippen LogP contribution in [0.2, 0.25) is 5.02 Å². The summed E-state index contributed by atoms with van der Waals surface area (Å²) in [6.45, 7) is 0.199. The van der Waals surface area contributed by atoms with Gasteiger partial charge in [0.15, 0.2) is 11.5 Å². The Labute approximate surface area is 180 Å². The third kappa shape index (κ3) is 4.96. The van der Waals surface area contributed by atoms with Crippen molar-refractivity contribution in [1.29, 1.82) is 0 Å². The highest BCUT2D eigenvalue weighted by Gasteiger charge is 2.13. The number of nitrogens with one attached hydrogen (secondary N) is 1. The standard InChI is InChI=1S/C23H22ClNO5/c1-27-19-10-8-15(12-16(19)14-30-20-7-5-4-6-18(20)24)23(26)25-17-9-11-21(28-2)22(13-17)29-3/h4-13H,14H2,1-3H3,(H,25,26). The molecule has 0 saturated carbocycles. The van der Waals surface area contributed by atoms with Crippen LogP contribution in [0.15, 0.2) is 60.7 Å². The van der Waals surface area contributed by atoms with E-state index in [1.54, 1.807) is 62.8 Å². The molecule has 0 saturated heterocycles. The minimum absolute atomic E-state index is 0.199. The minimum Gasteiger partial charge on any atom is -0.496 e. The monoisotopic (exact) mass is 427 g/mol. The van der Waals surface area contributed by atoms with Gasteiger partial charge in [-0.1, -0.05) is 23.7 Å². The number of hydrogen-bond acceptors (Lipinski definition) is 5. The molecule has 0 fully saturated rings. The fraction of sp³-hybridized carbons (Fsp3) is 0.174. The van der Waals surface area contributed by atoms with Gasteiger partial charge in [-0.2, -0.15) is 0 Å². The Hall–Kier alpha value is -3.38. The van der Waals surface area contributed by atoms with Gasteiger partial charge in [-0.05, 0) is 42.5 Å². The first-order valence-corrected chi connectivity index (χ1v) is 9.51. The molecule has 0 bridgehead atoms. The molecule has 0 aliphatic heterocycles. The smallest absolute Gasteiger partial charge is 0.255 e. The third-order valence-electron chi connectivity index (χ3n) is 4.40. The van der Waals surface area contributed by atoms with Crippen LogP contribution in [0.5, 0.6) is 23.0 Å². The molecule has 0 heterocycles. The van der Waals surface area contributed by atoms with Crippen molar-refractivity contribution in [2.75, 3.05) is 26.6 Å². The summed E-state index contributed by atoms with van der Waals surface area (Å²) in [5.74, 6) is 2.01. The highest BCUT2D eigenvalue weighted by Crippen LogP contribution is 2.30. The van der Waals surface area contributed by atoms with Crippen LogP contribution in [-0.2, 0) is 6.61 Å². The topological polar surface area (TPSA) is 66.0 Å². The van der Waals surface area contributed by atoms with E-state index in [1.165, 1.54) is 7.11 Å². The molecule has 3 aromatic carbocycles. The predicted octanol–water partition coefficient (Wildman–Crippen LogP) is 5.20. The lowest BCUT2D eigenvalue weighted by atomic mass is 10.1. The second kappa shape index (κ2) is 9.89. The van der Waals surface area contributed by atoms with Crippen LogP contribution in [0.25, 0.3) is 0 Å². The van der Waals surface area contributed by atoms with Gasteiger partial charge in [0.25, 0.3) is 5.91 Å². The first kappa shape index (κ1) is 21.3. The molecule has 1 N–H and O–H groups in total. The van der Waals surface area contributed by atoms with E-state index in [9.17, 15) is 4.79 Å². The zero-order valence-electron chi connectivity index (χ0n) is 16.9. The number of hydrogen-bond donors (Lipinski definition) is 1. The summed E-state index contributed by atoms with van der Waals surface area (Å²) < 4.78 is 21.7. The van der Waals surface area contributed by atoms with Gasteiger partial charge in [0.1, 0.15) is 18.1 Å². The van der Waals surface area contributed by atoms with Gasteiger partial charge in [-0.15, -0.1) is 0 Å². The number of carbonyl (C=O) groups excluding carboxylic acids is 1. The van der Waals surface area contributed by atoms with Gasteiger partial charge in [0.05, 0.1) is 26.4 Å². The Morgan fingerprint density at radius 3 is 2.23 bits per heavy atom. The maximum atomic E-state index is 12.8. The fourth-order valence-corrected chi connectivity index (χ4v) is 3.06. The summed E-state index contributed by atoms with van der Waals surface area (Å²) >= 11 is 6.14. The zero-order chi connectivity index (χ0) is 21.5. The molecular formula is C23H22ClNO5. The van der Waals surface area contributed by atoms with Crippen molar-refractivity contribution in [1.82, 2.24) is 0 Å². The molecule has 0 aromatic heterocycles. The molecule has 0 aliphatic rings. The number of methoxy groups -OCH3 is 3. The van der Waals surface area contributed by atoms with Gasteiger partial charge in [-0.25, -0.2) is 0 Å². The second-order valence-electron chi connectivity index (χ2n) is 6.27. The molecular weight excluding hydrogens is 406 g/mol. The third-order valence-corrected chi connectivity index (χ3v) is 4.72. The van der Waals surface area contributed by atoms with Crippen molar-refractivity contribution in [3.8, 4) is 23.0 Å². The van der Waals surface area contributed by atoms with Crippen LogP contribution in [0, 0.1) is 0 Å². The minimum atomic E-state index is -0.274. The number of carbonyl (C=O) groups is 1. The van der Waals surface area contributed by atoms with Crippen LogP contribution in [0.1, 0.15) is 15.9 Å². The number of ether oxygens (including phenoxy) is 4. The van der Waals surface area contributed by atoms with Crippen LogP contribution in [0.3, 0.4) is 0 Å². The van der Waals surface area contributed by atoms with Gasteiger partial charge < -0.3 is 24.3 Å². The molecule has 0 atom stereocenters. The summed E-state index contributed by atoms with van der Waals surface area (Å²) in [5.41, 5.74) is 1.77. The summed E-state index contributed by atoms with van der Waals surface area (Å²) in [4.78, 5) is 12.8. The van der Waals surface area contributed by atoms with Gasteiger partial charge >= 0.3 is 0 Å². The van der Waals surface area contributed by atoms with Gasteiger partial charge in [-0.3, -0.25) is 4.79 Å². The van der Waals surface area contributed by atoms with E-state index in [1.807, 2.05) is 12.1 Å². The van der Waals surface area contributed by atoms with E-state index in [4.69, 9.17) is 30.5 Å². The van der Waals surface area contributed by atoms with Crippen molar-refractivity contribution in [3.05, 3.63) is 76.8 Å². The molecule has 0 radical (unpaired) electrons. The molecule has 3 aromatic rings. The highest BCUT2D eigenvalue weighted by molar-refractivity contribution is 6.32. The summed E-state index contributed by atoms with van der Waals surface area (Å²) in [5, 5.41) is 3.37. The average Bonchev–Trinajstić information content (AvgIpc) is 2.78. The Balaban J connectivity index is 1.78. The largest absolute Gasteiger partial charge is 0.496 e. The van der Waals surface area contributed by atoms with Crippen molar-refractivity contribution in [2.24, 2.45) is 0 Å². The molecule has 1 amide bonds. The molecule has 0 unspecified atom stereocenters. The Morgan fingerprint density at radius 1 is 0.833 bits per heavy atom. The highest BCUT2D eigenvalue weighted by atomic mass is 35.5. The van der Waals surface area contributed by atoms with E-state index in [0.717, 1.165) is 5.56 Å². The lowest BCUT2D eigenvalue weighted by molar-refractivity contribution is 0.102. The van der Waals surface area contributed by atoms with E-state index in [-0.39, 0.29) is 12.5 Å². The normalized spacial score (nSPS) is 10.3. The lowest BCUT2D eigenvalue weighted by Crippen LogP contribution is -2.13. The van der Waals surface area contributed by atoms with Gasteiger partial charge in [0, 0.05) is 22.9 Å². The molecule has 7 heteroatoms. The first-order valence-electron chi connectivity index (χ1n) is 9.13. The summed E-state index contributed by atoms with van der Waals surface area (Å²) in [6.07, 6.45) is 0. The maximum absolute atomic E-state index is 12.8. The second-order valence-corrected chi connectivity index (χ2v) is 6.68. The molecule has 0 aliphatic carbocycles. The van der Waals surface area contributed by atoms with Crippen LogP contribution >= 0.6 is 11.6 Å². The molecule has 3 rings (SSSR count). The maximum Gasteiger partial charge on any atom is 0.255 e. The van der Waals surface area contributed by atoms with E-state index >= 15 is 0 Å². The number of para-hydroxylation sites is 1. The summed E-state index contributed by atoms with van der Waals surface area (Å²) in [7, 11) is 4.66. The Kier molecular flexibility index (Phi) is 7.03. The predicted molar refractivity (Wildman–Crippen MR) is 116 cm³/mol. The van der Waals surface area contributed by atoms with Crippen molar-refractivity contribution in [2.45, 2.75) is 6.61 Å². The number of rotatable bonds is 8. The quantitative estimate of drug-likeness (QED) is 0.535. The van der Waals surface area contributed by atoms with Crippen molar-refractivity contribution in [3.63, 3.8) is 0 Å². The number of amides is 1. The molecule has 30 heavy (non-hydrogen) atoms. The molecule has 0 spiro atoms. The lowest BCUT2D eigenvalue weighted by Gasteiger charge is -2.14. The summed E-state index contributed by atoms with van der Waals surface area (Å²) in [6, 6.07) is 17.5. The zero-order valence-corrected chi connectivity index (χ0v) is 17.7. The van der Waals surface area contributed by atoms with Crippen LogP contribution in [-0.4, -0.2) is 27.2 Å². The number of benzene rings is 3. The van der Waals surface area contributed by atoms with Crippen LogP contribution in [0.4, 0.5) is 5.69 Å². The Bertz CT molecular complexity index is 1040. The Morgan fingerprint density at radius 2 is 1.53 bits per heavy atom. The van der Waals surface area contributed by atoms with Crippen molar-refractivity contribution < 1.29 is 23.7 Å². The average molecular weight is 428 g/mol. The van der Waals surface area contributed by atoms with E-state index in [0.29, 0.717) is 39.3 Å². The van der Waals surface area contributed by atoms with E-state index in [2.05, 4.69) is 5.32 Å². The fourth-order valence-electron chi connectivity index (χ4n) is 2.87. The van der Waals surface area contributed by atoms with Crippen molar-refractivity contribution >= 4 is 23.2 Å². The van der Waals surface area contributed by atoms with E-state index < -0.39 is 0 Å². The number of halogens is 1. The molecule has 6 nitrogen and oxygen atoms in total. The number of anilines is 1.